The number of hydrogen-bond donors (Lipinski definition) is 2. The maximum Gasteiger partial charge on any atom is 0.172 e. The summed E-state index contributed by atoms with van der Waals surface area (Å²) in [6, 6.07) is 9.05. The number of tetrazole rings is 1. The lowest BCUT2D eigenvalue weighted by Crippen LogP contribution is -2.48. The summed E-state index contributed by atoms with van der Waals surface area (Å²) in [5, 5.41) is 16.3. The fourth-order valence-corrected chi connectivity index (χ4v) is 3.64. The van der Waals surface area contributed by atoms with Gasteiger partial charge in [0.05, 0.1) is 6.04 Å². The Morgan fingerprint density at radius 1 is 1.32 bits per heavy atom. The highest BCUT2D eigenvalue weighted by atomic mass is 15.5. The van der Waals surface area contributed by atoms with Crippen LogP contribution in [-0.2, 0) is 6.54 Å². The summed E-state index contributed by atoms with van der Waals surface area (Å²) in [4.78, 5) is 0. The van der Waals surface area contributed by atoms with E-state index in [2.05, 4.69) is 59.0 Å². The van der Waals surface area contributed by atoms with Gasteiger partial charge in [0.2, 0.25) is 0 Å². The van der Waals surface area contributed by atoms with Crippen molar-refractivity contribution in [2.45, 2.75) is 77.0 Å². The summed E-state index contributed by atoms with van der Waals surface area (Å²) in [5.41, 5.74) is 8.83. The molecule has 1 aliphatic rings. The second-order valence-corrected chi connectivity index (χ2v) is 7.18. The van der Waals surface area contributed by atoms with Crippen molar-refractivity contribution in [2.24, 2.45) is 5.73 Å². The second kappa shape index (κ2) is 8.54. The molecule has 6 heteroatoms. The fraction of sp³-hybridized carbons (Fsp3) is 0.632. The van der Waals surface area contributed by atoms with Gasteiger partial charge in [-0.1, -0.05) is 56.0 Å². The molecule has 3 N–H and O–H groups in total. The Kier molecular flexibility index (Phi) is 6.15. The van der Waals surface area contributed by atoms with Gasteiger partial charge in [-0.05, 0) is 42.2 Å². The maximum atomic E-state index is 6.39. The van der Waals surface area contributed by atoms with Gasteiger partial charge in [-0.3, -0.25) is 5.32 Å². The molecule has 0 spiro atoms. The highest BCUT2D eigenvalue weighted by molar-refractivity contribution is 5.29. The van der Waals surface area contributed by atoms with Gasteiger partial charge in [0.15, 0.2) is 5.82 Å². The molecule has 0 bridgehead atoms. The first-order chi connectivity index (χ1) is 12.2. The van der Waals surface area contributed by atoms with E-state index in [0.717, 1.165) is 38.1 Å². The van der Waals surface area contributed by atoms with E-state index in [-0.39, 0.29) is 12.1 Å². The van der Waals surface area contributed by atoms with Crippen molar-refractivity contribution in [3.05, 3.63) is 41.2 Å². The molecule has 3 atom stereocenters. The van der Waals surface area contributed by atoms with Gasteiger partial charge in [0, 0.05) is 18.6 Å². The Balaban J connectivity index is 1.90. The van der Waals surface area contributed by atoms with Crippen LogP contribution in [0.3, 0.4) is 0 Å². The van der Waals surface area contributed by atoms with Crippen LogP contribution >= 0.6 is 0 Å². The highest BCUT2D eigenvalue weighted by Gasteiger charge is 2.28. The molecule has 0 amide bonds. The van der Waals surface area contributed by atoms with Crippen molar-refractivity contribution in [3.8, 4) is 0 Å². The molecule has 0 radical (unpaired) electrons. The number of aromatic nitrogens is 4. The van der Waals surface area contributed by atoms with Crippen molar-refractivity contribution in [2.75, 3.05) is 0 Å². The first-order valence-electron chi connectivity index (χ1n) is 9.53. The largest absolute Gasteiger partial charge is 0.326 e. The molecule has 1 saturated carbocycles. The van der Waals surface area contributed by atoms with E-state index >= 15 is 0 Å². The zero-order valence-corrected chi connectivity index (χ0v) is 15.4. The van der Waals surface area contributed by atoms with E-state index in [0.29, 0.717) is 6.04 Å². The molecule has 136 valence electrons. The Labute approximate surface area is 150 Å². The van der Waals surface area contributed by atoms with Crippen molar-refractivity contribution < 1.29 is 0 Å². The Morgan fingerprint density at radius 2 is 2.16 bits per heavy atom. The molecule has 1 aliphatic carbocycles. The number of aryl methyl sites for hydroxylation is 2. The van der Waals surface area contributed by atoms with Crippen LogP contribution in [0.15, 0.2) is 24.3 Å². The third-order valence-electron chi connectivity index (χ3n) is 5.12. The molecule has 3 unspecified atom stereocenters. The lowest BCUT2D eigenvalue weighted by Gasteiger charge is -2.33. The minimum atomic E-state index is -0.0269. The van der Waals surface area contributed by atoms with Gasteiger partial charge in [-0.15, -0.1) is 5.10 Å². The SMILES string of the molecule is CCCCn1nnnc1C(NC1CCCCC1N)c1cccc(C)c1. The van der Waals surface area contributed by atoms with Crippen LogP contribution in [-0.4, -0.2) is 32.3 Å². The number of rotatable bonds is 7. The summed E-state index contributed by atoms with van der Waals surface area (Å²) in [6.45, 7) is 5.15. The summed E-state index contributed by atoms with van der Waals surface area (Å²) in [7, 11) is 0. The van der Waals surface area contributed by atoms with E-state index in [1.807, 2.05) is 4.68 Å². The monoisotopic (exact) mass is 342 g/mol. The molecule has 6 nitrogen and oxygen atoms in total. The van der Waals surface area contributed by atoms with Crippen LogP contribution in [0.4, 0.5) is 0 Å². The van der Waals surface area contributed by atoms with Crippen molar-refractivity contribution in [1.29, 1.82) is 0 Å². The Hall–Kier alpha value is -1.79. The van der Waals surface area contributed by atoms with Crippen LogP contribution in [0.2, 0.25) is 0 Å². The minimum absolute atomic E-state index is 0.0269. The van der Waals surface area contributed by atoms with Crippen molar-refractivity contribution in [1.82, 2.24) is 25.5 Å². The topological polar surface area (TPSA) is 81.7 Å². The number of nitrogens with two attached hydrogens (primary N) is 1. The minimum Gasteiger partial charge on any atom is -0.326 e. The van der Waals surface area contributed by atoms with Gasteiger partial charge in [-0.25, -0.2) is 4.68 Å². The van der Waals surface area contributed by atoms with Gasteiger partial charge in [0.25, 0.3) is 0 Å². The number of benzene rings is 1. The summed E-state index contributed by atoms with van der Waals surface area (Å²) in [6.07, 6.45) is 6.84. The van der Waals surface area contributed by atoms with Gasteiger partial charge >= 0.3 is 0 Å². The van der Waals surface area contributed by atoms with Gasteiger partial charge < -0.3 is 5.73 Å². The maximum absolute atomic E-state index is 6.39. The predicted molar refractivity (Wildman–Crippen MR) is 99.1 cm³/mol. The highest BCUT2D eigenvalue weighted by Crippen LogP contribution is 2.25. The standard InChI is InChI=1S/C19H30N6/c1-3-4-12-25-19(22-23-24-25)18(15-9-7-8-14(2)13-15)21-17-11-6-5-10-16(17)20/h7-9,13,16-18,21H,3-6,10-12,20H2,1-2H3. The third-order valence-corrected chi connectivity index (χ3v) is 5.12. The average Bonchev–Trinajstić information content (AvgIpc) is 3.07. The number of hydrogen-bond acceptors (Lipinski definition) is 5. The van der Waals surface area contributed by atoms with Crippen LogP contribution in [0.25, 0.3) is 0 Å². The predicted octanol–water partition coefficient (Wildman–Crippen LogP) is 2.73. The lowest BCUT2D eigenvalue weighted by atomic mass is 9.89. The summed E-state index contributed by atoms with van der Waals surface area (Å²) >= 11 is 0. The molecule has 25 heavy (non-hydrogen) atoms. The molecular weight excluding hydrogens is 312 g/mol. The van der Waals surface area contributed by atoms with Crippen molar-refractivity contribution >= 4 is 0 Å². The smallest absolute Gasteiger partial charge is 0.172 e. The molecule has 1 aromatic carbocycles. The molecule has 1 aromatic heterocycles. The first kappa shape index (κ1) is 18.0. The van der Waals surface area contributed by atoms with E-state index in [4.69, 9.17) is 5.73 Å². The molecular formula is C19H30N6. The van der Waals surface area contributed by atoms with E-state index in [1.165, 1.54) is 24.0 Å². The van der Waals surface area contributed by atoms with Crippen LogP contribution in [0.5, 0.6) is 0 Å². The molecule has 2 aromatic rings. The fourth-order valence-electron chi connectivity index (χ4n) is 3.64. The molecule has 1 fully saturated rings. The second-order valence-electron chi connectivity index (χ2n) is 7.18. The van der Waals surface area contributed by atoms with Crippen molar-refractivity contribution in [3.63, 3.8) is 0 Å². The average molecular weight is 342 g/mol. The third kappa shape index (κ3) is 4.44. The zero-order valence-electron chi connectivity index (χ0n) is 15.4. The zero-order chi connectivity index (χ0) is 17.6. The number of unbranched alkanes of at least 4 members (excludes halogenated alkanes) is 1. The number of nitrogens with zero attached hydrogens (tertiary/aromatic N) is 4. The Morgan fingerprint density at radius 3 is 2.92 bits per heavy atom. The first-order valence-corrected chi connectivity index (χ1v) is 9.53. The molecule has 3 rings (SSSR count). The molecule has 0 saturated heterocycles. The van der Waals surface area contributed by atoms with Crippen LogP contribution in [0.1, 0.15) is 68.4 Å². The van der Waals surface area contributed by atoms with Gasteiger partial charge in [-0.2, -0.15) is 0 Å². The summed E-state index contributed by atoms with van der Waals surface area (Å²) in [5.74, 6) is 0.886. The summed E-state index contributed by atoms with van der Waals surface area (Å²) < 4.78 is 1.94. The molecule has 1 heterocycles. The van der Waals surface area contributed by atoms with Gasteiger partial charge in [0.1, 0.15) is 0 Å². The number of nitrogens with one attached hydrogen (secondary N) is 1. The normalized spacial score (nSPS) is 22.0. The van der Waals surface area contributed by atoms with Crippen LogP contribution in [0, 0.1) is 6.92 Å². The lowest BCUT2D eigenvalue weighted by molar-refractivity contribution is 0.305. The van der Waals surface area contributed by atoms with E-state index in [9.17, 15) is 0 Å². The van der Waals surface area contributed by atoms with E-state index in [1.54, 1.807) is 0 Å². The quantitative estimate of drug-likeness (QED) is 0.808. The molecule has 0 aliphatic heterocycles. The van der Waals surface area contributed by atoms with E-state index < -0.39 is 0 Å². The van der Waals surface area contributed by atoms with Crippen LogP contribution < -0.4 is 11.1 Å². The Bertz CT molecular complexity index is 667.